The smallest absolute Gasteiger partial charge is 0.233 e. The van der Waals surface area contributed by atoms with E-state index in [0.29, 0.717) is 6.54 Å². The quantitative estimate of drug-likeness (QED) is 0.475. The van der Waals surface area contributed by atoms with Gasteiger partial charge in [0.15, 0.2) is 0 Å². The normalized spacial score (nSPS) is 12.2. The molecule has 0 aliphatic heterocycles. The molecule has 0 saturated carbocycles. The van der Waals surface area contributed by atoms with Crippen molar-refractivity contribution >= 4 is 17.7 Å². The maximum absolute atomic E-state index is 11.3. The first-order chi connectivity index (χ1) is 6.22. The average molecular weight is 203 g/mol. The summed E-state index contributed by atoms with van der Waals surface area (Å²) >= 11 is 1.55. The molecule has 0 saturated heterocycles. The first-order valence-corrected chi connectivity index (χ1v) is 5.38. The molecule has 1 atom stereocenters. The Morgan fingerprint density at radius 2 is 2.46 bits per heavy atom. The molecule has 3 nitrogen and oxygen atoms in total. The van der Waals surface area contributed by atoms with Gasteiger partial charge in [0, 0.05) is 13.2 Å². The number of amides is 1. The van der Waals surface area contributed by atoms with Crippen molar-refractivity contribution in [1.29, 1.82) is 0 Å². The number of rotatable bonds is 7. The molecule has 4 heteroatoms. The van der Waals surface area contributed by atoms with Crippen molar-refractivity contribution in [3.63, 3.8) is 0 Å². The van der Waals surface area contributed by atoms with E-state index in [0.717, 1.165) is 12.2 Å². The zero-order chi connectivity index (χ0) is 10.1. The molecule has 2 N–H and O–H groups in total. The Balaban J connectivity index is 3.50. The van der Waals surface area contributed by atoms with E-state index in [2.05, 4.69) is 11.9 Å². The Hall–Kier alpha value is -0.480. The van der Waals surface area contributed by atoms with Gasteiger partial charge in [-0.3, -0.25) is 4.79 Å². The number of carbonyl (C=O) groups excluding carboxylic acids is 1. The van der Waals surface area contributed by atoms with E-state index in [1.165, 1.54) is 0 Å². The molecule has 0 heterocycles. The topological polar surface area (TPSA) is 49.3 Å². The molecule has 0 spiro atoms. The Bertz CT molecular complexity index is 162. The third-order valence-electron chi connectivity index (χ3n) is 1.46. The fourth-order valence-electron chi connectivity index (χ4n) is 0.717. The van der Waals surface area contributed by atoms with Gasteiger partial charge in [-0.25, -0.2) is 0 Å². The van der Waals surface area contributed by atoms with Crippen LogP contribution in [0, 0.1) is 0 Å². The summed E-state index contributed by atoms with van der Waals surface area (Å²) in [5.74, 6) is 0.849. The van der Waals surface area contributed by atoms with E-state index in [4.69, 9.17) is 5.11 Å². The minimum atomic E-state index is -0.0495. The summed E-state index contributed by atoms with van der Waals surface area (Å²) in [6, 6.07) is 0. The second-order valence-electron chi connectivity index (χ2n) is 2.62. The van der Waals surface area contributed by atoms with Crippen molar-refractivity contribution in [3.05, 3.63) is 12.7 Å². The Morgan fingerprint density at radius 1 is 1.77 bits per heavy atom. The van der Waals surface area contributed by atoms with E-state index in [-0.39, 0.29) is 17.8 Å². The van der Waals surface area contributed by atoms with Crippen molar-refractivity contribution in [3.8, 4) is 0 Å². The molecule has 0 aromatic rings. The summed E-state index contributed by atoms with van der Waals surface area (Å²) in [6.07, 6.45) is 2.40. The SMILES string of the molecule is C=CCNC(=O)C(C)SCCCO. The van der Waals surface area contributed by atoms with Gasteiger partial charge in [0.25, 0.3) is 0 Å². The van der Waals surface area contributed by atoms with E-state index in [1.54, 1.807) is 17.8 Å². The largest absolute Gasteiger partial charge is 0.396 e. The molecule has 76 valence electrons. The highest BCUT2D eigenvalue weighted by Crippen LogP contribution is 2.11. The molecule has 0 aliphatic rings. The monoisotopic (exact) mass is 203 g/mol. The van der Waals surface area contributed by atoms with Crippen LogP contribution in [0.3, 0.4) is 0 Å². The lowest BCUT2D eigenvalue weighted by atomic mass is 10.4. The second-order valence-corrected chi connectivity index (χ2v) is 4.07. The predicted molar refractivity (Wildman–Crippen MR) is 56.8 cm³/mol. The highest BCUT2D eigenvalue weighted by molar-refractivity contribution is 8.00. The van der Waals surface area contributed by atoms with Crippen LogP contribution in [0.2, 0.25) is 0 Å². The molecular formula is C9H17NO2S. The van der Waals surface area contributed by atoms with Gasteiger partial charge in [-0.05, 0) is 19.1 Å². The van der Waals surface area contributed by atoms with Crippen LogP contribution in [-0.4, -0.2) is 35.2 Å². The van der Waals surface area contributed by atoms with Crippen LogP contribution in [0.5, 0.6) is 0 Å². The van der Waals surface area contributed by atoms with Gasteiger partial charge in [0.05, 0.1) is 5.25 Å². The molecule has 0 bridgehead atoms. The lowest BCUT2D eigenvalue weighted by Gasteiger charge is -2.09. The molecule has 0 radical (unpaired) electrons. The summed E-state index contributed by atoms with van der Waals surface area (Å²) in [4.78, 5) is 11.3. The van der Waals surface area contributed by atoms with Crippen LogP contribution in [0.4, 0.5) is 0 Å². The van der Waals surface area contributed by atoms with Crippen LogP contribution in [0.1, 0.15) is 13.3 Å². The van der Waals surface area contributed by atoms with Crippen molar-refractivity contribution in [1.82, 2.24) is 5.32 Å². The zero-order valence-electron chi connectivity index (χ0n) is 7.95. The average Bonchev–Trinajstić information content (AvgIpc) is 2.14. The highest BCUT2D eigenvalue weighted by Gasteiger charge is 2.10. The van der Waals surface area contributed by atoms with Crippen LogP contribution in [-0.2, 0) is 4.79 Å². The summed E-state index contributed by atoms with van der Waals surface area (Å²) < 4.78 is 0. The Labute approximate surface area is 83.6 Å². The minimum absolute atomic E-state index is 0.0304. The summed E-state index contributed by atoms with van der Waals surface area (Å²) in [7, 11) is 0. The van der Waals surface area contributed by atoms with Gasteiger partial charge >= 0.3 is 0 Å². The molecule has 1 amide bonds. The number of carbonyl (C=O) groups is 1. The van der Waals surface area contributed by atoms with E-state index in [9.17, 15) is 4.79 Å². The maximum Gasteiger partial charge on any atom is 0.233 e. The lowest BCUT2D eigenvalue weighted by Crippen LogP contribution is -2.31. The number of aliphatic hydroxyl groups is 1. The van der Waals surface area contributed by atoms with Crippen molar-refractivity contribution in [2.45, 2.75) is 18.6 Å². The van der Waals surface area contributed by atoms with Crippen molar-refractivity contribution in [2.75, 3.05) is 18.9 Å². The Morgan fingerprint density at radius 3 is 3.00 bits per heavy atom. The van der Waals surface area contributed by atoms with Gasteiger partial charge in [0.1, 0.15) is 0 Å². The molecule has 0 rings (SSSR count). The van der Waals surface area contributed by atoms with Crippen molar-refractivity contribution in [2.24, 2.45) is 0 Å². The number of hydrogen-bond acceptors (Lipinski definition) is 3. The molecule has 0 aromatic heterocycles. The molecule has 0 aliphatic carbocycles. The molecule has 1 unspecified atom stereocenters. The lowest BCUT2D eigenvalue weighted by molar-refractivity contribution is -0.120. The van der Waals surface area contributed by atoms with Gasteiger partial charge in [-0.1, -0.05) is 6.08 Å². The molecule has 0 fully saturated rings. The van der Waals surface area contributed by atoms with Gasteiger partial charge in [0.2, 0.25) is 5.91 Å². The van der Waals surface area contributed by atoms with Crippen LogP contribution < -0.4 is 5.32 Å². The molecule has 0 aromatic carbocycles. The first-order valence-electron chi connectivity index (χ1n) is 4.33. The Kier molecular flexibility index (Phi) is 7.83. The summed E-state index contributed by atoms with van der Waals surface area (Å²) in [5.41, 5.74) is 0. The summed E-state index contributed by atoms with van der Waals surface area (Å²) in [5, 5.41) is 11.2. The first kappa shape index (κ1) is 12.5. The molecule has 13 heavy (non-hydrogen) atoms. The third-order valence-corrected chi connectivity index (χ3v) is 2.70. The van der Waals surface area contributed by atoms with Crippen molar-refractivity contribution < 1.29 is 9.90 Å². The summed E-state index contributed by atoms with van der Waals surface area (Å²) in [6.45, 7) is 6.08. The van der Waals surface area contributed by atoms with Crippen LogP contribution in [0.25, 0.3) is 0 Å². The van der Waals surface area contributed by atoms with Gasteiger partial charge in [-0.15, -0.1) is 18.3 Å². The fourth-order valence-corrected chi connectivity index (χ4v) is 1.60. The zero-order valence-corrected chi connectivity index (χ0v) is 8.77. The second kappa shape index (κ2) is 8.13. The van der Waals surface area contributed by atoms with Crippen LogP contribution >= 0.6 is 11.8 Å². The molecular weight excluding hydrogens is 186 g/mol. The van der Waals surface area contributed by atoms with E-state index in [1.807, 2.05) is 6.92 Å². The predicted octanol–water partition coefficient (Wildman–Crippen LogP) is 0.793. The number of aliphatic hydroxyl groups excluding tert-OH is 1. The standard InChI is InChI=1S/C9H17NO2S/c1-3-5-10-9(12)8(2)13-7-4-6-11/h3,8,11H,1,4-7H2,2H3,(H,10,12). The number of thioether (sulfide) groups is 1. The van der Waals surface area contributed by atoms with Gasteiger partial charge in [-0.2, -0.15) is 0 Å². The number of hydrogen-bond donors (Lipinski definition) is 2. The van der Waals surface area contributed by atoms with E-state index < -0.39 is 0 Å². The van der Waals surface area contributed by atoms with E-state index >= 15 is 0 Å². The maximum atomic E-state index is 11.3. The number of nitrogens with one attached hydrogen (secondary N) is 1. The minimum Gasteiger partial charge on any atom is -0.396 e. The highest BCUT2D eigenvalue weighted by atomic mass is 32.2. The van der Waals surface area contributed by atoms with Gasteiger partial charge < -0.3 is 10.4 Å². The van der Waals surface area contributed by atoms with Crippen LogP contribution in [0.15, 0.2) is 12.7 Å². The fraction of sp³-hybridized carbons (Fsp3) is 0.667. The third kappa shape index (κ3) is 6.66.